The Morgan fingerprint density at radius 1 is 1.32 bits per heavy atom. The summed E-state index contributed by atoms with van der Waals surface area (Å²) >= 11 is 1.50. The maximum Gasteiger partial charge on any atom is 0.273 e. The number of aromatic nitrogens is 1. The monoisotopic (exact) mass is 359 g/mol. The van der Waals surface area contributed by atoms with Gasteiger partial charge in [0.2, 0.25) is 0 Å². The minimum absolute atomic E-state index is 0.00286. The summed E-state index contributed by atoms with van der Waals surface area (Å²) in [5.41, 5.74) is 7.19. The van der Waals surface area contributed by atoms with E-state index >= 15 is 0 Å². The van der Waals surface area contributed by atoms with Crippen molar-refractivity contribution >= 4 is 17.2 Å². The molecule has 3 heterocycles. The van der Waals surface area contributed by atoms with E-state index < -0.39 is 0 Å². The molecule has 1 atom stereocenters. The van der Waals surface area contributed by atoms with Crippen molar-refractivity contribution in [3.63, 3.8) is 0 Å². The Hall–Kier alpha value is -2.12. The number of hydrogen-bond acceptors (Lipinski definition) is 6. The lowest BCUT2D eigenvalue weighted by molar-refractivity contribution is 0.0729. The van der Waals surface area contributed by atoms with Crippen LogP contribution in [0.1, 0.15) is 39.9 Å². The highest BCUT2D eigenvalue weighted by molar-refractivity contribution is 7.09. The van der Waals surface area contributed by atoms with E-state index in [2.05, 4.69) is 4.98 Å². The molecule has 0 aliphatic carbocycles. The van der Waals surface area contributed by atoms with E-state index in [4.69, 9.17) is 15.2 Å². The molecule has 2 aliphatic heterocycles. The van der Waals surface area contributed by atoms with Gasteiger partial charge < -0.3 is 20.1 Å². The number of fused-ring (bicyclic) bond motifs is 1. The molecule has 2 aromatic rings. The number of nitrogens with zero attached hydrogens (tertiary/aromatic N) is 2. The van der Waals surface area contributed by atoms with Crippen LogP contribution in [0.15, 0.2) is 23.6 Å². The molecular weight excluding hydrogens is 338 g/mol. The van der Waals surface area contributed by atoms with Gasteiger partial charge in [0.05, 0.1) is 11.0 Å². The second kappa shape index (κ2) is 7.01. The van der Waals surface area contributed by atoms with Gasteiger partial charge >= 0.3 is 0 Å². The maximum absolute atomic E-state index is 12.9. The fourth-order valence-electron chi connectivity index (χ4n) is 3.42. The van der Waals surface area contributed by atoms with Gasteiger partial charge in [0.15, 0.2) is 11.5 Å². The highest BCUT2D eigenvalue weighted by Crippen LogP contribution is 2.38. The molecule has 1 unspecified atom stereocenters. The fourth-order valence-corrected chi connectivity index (χ4v) is 4.21. The Morgan fingerprint density at radius 2 is 2.16 bits per heavy atom. The third-order valence-electron chi connectivity index (χ3n) is 4.59. The zero-order valence-electron chi connectivity index (χ0n) is 13.9. The smallest absolute Gasteiger partial charge is 0.273 e. The van der Waals surface area contributed by atoms with Crippen molar-refractivity contribution in [2.24, 2.45) is 5.73 Å². The van der Waals surface area contributed by atoms with Crippen LogP contribution in [-0.4, -0.2) is 42.1 Å². The van der Waals surface area contributed by atoms with Crippen molar-refractivity contribution in [1.29, 1.82) is 0 Å². The lowest BCUT2D eigenvalue weighted by Crippen LogP contribution is -2.31. The quantitative estimate of drug-likeness (QED) is 0.907. The van der Waals surface area contributed by atoms with E-state index in [1.165, 1.54) is 11.3 Å². The lowest BCUT2D eigenvalue weighted by atomic mass is 10.0. The molecule has 0 spiro atoms. The number of carbonyl (C=O) groups is 1. The highest BCUT2D eigenvalue weighted by Gasteiger charge is 2.32. The molecule has 132 valence electrons. The molecule has 25 heavy (non-hydrogen) atoms. The van der Waals surface area contributed by atoms with E-state index in [9.17, 15) is 4.79 Å². The predicted molar refractivity (Wildman–Crippen MR) is 95.3 cm³/mol. The third-order valence-corrected chi connectivity index (χ3v) is 5.50. The van der Waals surface area contributed by atoms with Crippen LogP contribution in [0.3, 0.4) is 0 Å². The van der Waals surface area contributed by atoms with Crippen molar-refractivity contribution in [3.05, 3.63) is 39.8 Å². The van der Waals surface area contributed by atoms with E-state index in [0.29, 0.717) is 31.9 Å². The van der Waals surface area contributed by atoms with Gasteiger partial charge in [-0.1, -0.05) is 6.07 Å². The molecule has 4 rings (SSSR count). The Kier molecular flexibility index (Phi) is 4.59. The van der Waals surface area contributed by atoms with Crippen LogP contribution in [0.25, 0.3) is 0 Å². The van der Waals surface area contributed by atoms with Crippen LogP contribution in [0.4, 0.5) is 0 Å². The molecule has 0 radical (unpaired) electrons. The second-order valence-corrected chi connectivity index (χ2v) is 7.17. The predicted octanol–water partition coefficient (Wildman–Crippen LogP) is 2.39. The second-order valence-electron chi connectivity index (χ2n) is 6.22. The van der Waals surface area contributed by atoms with Crippen molar-refractivity contribution < 1.29 is 14.3 Å². The van der Waals surface area contributed by atoms with E-state index in [0.717, 1.165) is 41.5 Å². The Balaban J connectivity index is 1.56. The number of likely N-dealkylation sites (tertiary alicyclic amines) is 1. The number of carbonyl (C=O) groups excluding carboxylic acids is 1. The lowest BCUT2D eigenvalue weighted by Gasteiger charge is -2.26. The highest BCUT2D eigenvalue weighted by atomic mass is 32.1. The molecule has 0 saturated carbocycles. The molecule has 1 aromatic carbocycles. The van der Waals surface area contributed by atoms with Crippen LogP contribution in [0.5, 0.6) is 11.5 Å². The Labute approximate surface area is 150 Å². The van der Waals surface area contributed by atoms with Crippen molar-refractivity contribution in [1.82, 2.24) is 9.88 Å². The Morgan fingerprint density at radius 3 is 3.00 bits per heavy atom. The molecule has 2 N–H and O–H groups in total. The van der Waals surface area contributed by atoms with Gasteiger partial charge in [0.25, 0.3) is 5.91 Å². The molecule has 2 aliphatic rings. The van der Waals surface area contributed by atoms with E-state index in [-0.39, 0.29) is 11.9 Å². The number of thiazole rings is 1. The molecule has 0 bridgehead atoms. The first-order valence-corrected chi connectivity index (χ1v) is 9.49. The molecule has 1 saturated heterocycles. The first kappa shape index (κ1) is 16.4. The number of amides is 1. The maximum atomic E-state index is 12.9. The molecule has 6 nitrogen and oxygen atoms in total. The summed E-state index contributed by atoms with van der Waals surface area (Å²) in [6.07, 6.45) is 2.65. The zero-order valence-corrected chi connectivity index (χ0v) is 14.8. The number of ether oxygens (including phenoxy) is 2. The summed E-state index contributed by atoms with van der Waals surface area (Å²) in [5.74, 6) is 1.54. The molecular formula is C18H21N3O3S. The largest absolute Gasteiger partial charge is 0.486 e. The molecule has 1 fully saturated rings. The average Bonchev–Trinajstić information content (AvgIpc) is 3.30. The molecule has 1 amide bonds. The summed E-state index contributed by atoms with van der Waals surface area (Å²) in [7, 11) is 0. The first-order chi connectivity index (χ1) is 12.3. The van der Waals surface area contributed by atoms with Gasteiger partial charge in [0.1, 0.15) is 18.9 Å². The Bertz CT molecular complexity index is 777. The minimum atomic E-state index is -0.00286. The van der Waals surface area contributed by atoms with Crippen LogP contribution in [-0.2, 0) is 6.42 Å². The standard InChI is InChI=1S/C18H21N3O3S/c19-6-5-17-20-13(11-25-17)18(22)21-7-1-2-14(21)12-3-4-15-16(10-12)24-9-8-23-15/h3-4,10-11,14H,1-2,5-9,19H2. The van der Waals surface area contributed by atoms with Gasteiger partial charge in [-0.2, -0.15) is 0 Å². The van der Waals surface area contributed by atoms with E-state index in [1.54, 1.807) is 0 Å². The topological polar surface area (TPSA) is 77.7 Å². The average molecular weight is 359 g/mol. The van der Waals surface area contributed by atoms with Gasteiger partial charge in [-0.05, 0) is 37.1 Å². The summed E-state index contributed by atoms with van der Waals surface area (Å²) in [6, 6.07) is 6.03. The van der Waals surface area contributed by atoms with Crippen molar-refractivity contribution in [3.8, 4) is 11.5 Å². The zero-order chi connectivity index (χ0) is 17.2. The van der Waals surface area contributed by atoms with Gasteiger partial charge in [-0.25, -0.2) is 4.98 Å². The number of benzene rings is 1. The van der Waals surface area contributed by atoms with Gasteiger partial charge in [0, 0.05) is 18.3 Å². The number of hydrogen-bond donors (Lipinski definition) is 1. The first-order valence-electron chi connectivity index (χ1n) is 8.61. The summed E-state index contributed by atoms with van der Waals surface area (Å²) in [5, 5.41) is 2.76. The van der Waals surface area contributed by atoms with E-state index in [1.807, 2.05) is 28.5 Å². The molecule has 1 aromatic heterocycles. The number of nitrogens with two attached hydrogens (primary N) is 1. The van der Waals surface area contributed by atoms with Crippen LogP contribution in [0, 0.1) is 0 Å². The summed E-state index contributed by atoms with van der Waals surface area (Å²) in [6.45, 7) is 2.44. The normalized spacial score (nSPS) is 19.2. The van der Waals surface area contributed by atoms with Crippen molar-refractivity contribution in [2.45, 2.75) is 25.3 Å². The number of rotatable bonds is 4. The SMILES string of the molecule is NCCc1nc(C(=O)N2CCCC2c2ccc3c(c2)OCCO3)cs1. The van der Waals surface area contributed by atoms with Crippen LogP contribution >= 0.6 is 11.3 Å². The van der Waals surface area contributed by atoms with Crippen molar-refractivity contribution in [2.75, 3.05) is 26.3 Å². The molecule has 7 heteroatoms. The van der Waals surface area contributed by atoms with Crippen LogP contribution < -0.4 is 15.2 Å². The summed E-state index contributed by atoms with van der Waals surface area (Å²) < 4.78 is 11.3. The third kappa shape index (κ3) is 3.21. The van der Waals surface area contributed by atoms with Crippen LogP contribution in [0.2, 0.25) is 0 Å². The summed E-state index contributed by atoms with van der Waals surface area (Å²) in [4.78, 5) is 19.3. The minimum Gasteiger partial charge on any atom is -0.486 e. The van der Waals surface area contributed by atoms with Gasteiger partial charge in [-0.3, -0.25) is 4.79 Å². The van der Waals surface area contributed by atoms with Gasteiger partial charge in [-0.15, -0.1) is 11.3 Å². The fraction of sp³-hybridized carbons (Fsp3) is 0.444.